The van der Waals surface area contributed by atoms with E-state index in [0.29, 0.717) is 5.56 Å². The number of carbonyl (C=O) groups is 1. The first-order chi connectivity index (χ1) is 9.66. The van der Waals surface area contributed by atoms with Crippen LogP contribution >= 0.6 is 0 Å². The van der Waals surface area contributed by atoms with Crippen molar-refractivity contribution < 1.29 is 19.8 Å². The summed E-state index contributed by atoms with van der Waals surface area (Å²) in [5.74, 6) is -0.461. The third-order valence-corrected chi connectivity index (χ3v) is 3.53. The molecule has 5 nitrogen and oxygen atoms in total. The van der Waals surface area contributed by atoms with Crippen LogP contribution in [0.25, 0.3) is 0 Å². The lowest BCUT2D eigenvalue weighted by Crippen LogP contribution is -2.42. The van der Waals surface area contributed by atoms with Gasteiger partial charge in [0.05, 0.1) is 12.1 Å². The Balaban J connectivity index is 2.01. The molecule has 1 aliphatic carbocycles. The number of hydrogen-bond donors (Lipinski definition) is 2. The highest BCUT2D eigenvalue weighted by Gasteiger charge is 2.26. The van der Waals surface area contributed by atoms with Crippen molar-refractivity contribution in [2.75, 3.05) is 6.54 Å². The zero-order valence-electron chi connectivity index (χ0n) is 11.4. The van der Waals surface area contributed by atoms with Gasteiger partial charge >= 0.3 is 5.97 Å². The summed E-state index contributed by atoms with van der Waals surface area (Å²) < 4.78 is 0. The van der Waals surface area contributed by atoms with Crippen LogP contribution in [0, 0.1) is 0 Å². The summed E-state index contributed by atoms with van der Waals surface area (Å²) in [5, 5.41) is 19.7. The van der Waals surface area contributed by atoms with E-state index in [1.54, 1.807) is 24.3 Å². The molecule has 1 aromatic rings. The second-order valence-electron chi connectivity index (χ2n) is 5.12. The molecule has 1 aliphatic rings. The molecule has 110 valence electrons. The van der Waals surface area contributed by atoms with Gasteiger partial charge in [-0.15, -0.1) is 5.06 Å². The Bertz CT molecular complexity index is 415. The fourth-order valence-corrected chi connectivity index (χ4v) is 2.52. The fourth-order valence-electron chi connectivity index (χ4n) is 2.52. The van der Waals surface area contributed by atoms with Crippen LogP contribution in [0.2, 0.25) is 0 Å². The zero-order chi connectivity index (χ0) is 14.4. The second-order valence-corrected chi connectivity index (χ2v) is 5.12. The number of hydrogen-bond acceptors (Lipinski definition) is 5. The second kappa shape index (κ2) is 7.38. The van der Waals surface area contributed by atoms with Gasteiger partial charge in [-0.2, -0.15) is 0 Å². The SMILES string of the molecule is O=C(ON(CC(O)O)C1CCCCC1)c1ccccc1. The van der Waals surface area contributed by atoms with Gasteiger partial charge in [-0.25, -0.2) is 4.79 Å². The lowest BCUT2D eigenvalue weighted by Gasteiger charge is -2.32. The van der Waals surface area contributed by atoms with Gasteiger partial charge in [0.2, 0.25) is 0 Å². The number of nitrogens with zero attached hydrogens (tertiary/aromatic N) is 1. The Hall–Kier alpha value is -1.43. The van der Waals surface area contributed by atoms with E-state index in [2.05, 4.69) is 0 Å². The van der Waals surface area contributed by atoms with Crippen LogP contribution in [-0.2, 0) is 4.84 Å². The minimum Gasteiger partial charge on any atom is -0.367 e. The highest BCUT2D eigenvalue weighted by Crippen LogP contribution is 2.23. The summed E-state index contributed by atoms with van der Waals surface area (Å²) >= 11 is 0. The van der Waals surface area contributed by atoms with Crippen LogP contribution in [0.3, 0.4) is 0 Å². The summed E-state index contributed by atoms with van der Waals surface area (Å²) in [5.41, 5.74) is 0.459. The van der Waals surface area contributed by atoms with Crippen LogP contribution in [-0.4, -0.2) is 40.1 Å². The topological polar surface area (TPSA) is 70.0 Å². The molecule has 0 saturated heterocycles. The molecule has 0 atom stereocenters. The number of rotatable bonds is 5. The van der Waals surface area contributed by atoms with E-state index in [0.717, 1.165) is 25.7 Å². The molecule has 0 radical (unpaired) electrons. The highest BCUT2D eigenvalue weighted by molar-refractivity contribution is 5.89. The predicted octanol–water partition coefficient (Wildman–Crippen LogP) is 1.70. The molecule has 2 rings (SSSR count). The van der Waals surface area contributed by atoms with Crippen molar-refractivity contribution in [2.45, 2.75) is 44.4 Å². The van der Waals surface area contributed by atoms with E-state index in [1.807, 2.05) is 6.07 Å². The van der Waals surface area contributed by atoms with E-state index in [4.69, 9.17) is 15.1 Å². The van der Waals surface area contributed by atoms with Gasteiger partial charge < -0.3 is 15.1 Å². The largest absolute Gasteiger partial charge is 0.367 e. The van der Waals surface area contributed by atoms with Gasteiger partial charge in [0.25, 0.3) is 0 Å². The number of benzene rings is 1. The van der Waals surface area contributed by atoms with E-state index in [-0.39, 0.29) is 12.6 Å². The lowest BCUT2D eigenvalue weighted by molar-refractivity contribution is -0.188. The van der Waals surface area contributed by atoms with Crippen molar-refractivity contribution >= 4 is 5.97 Å². The maximum Gasteiger partial charge on any atom is 0.357 e. The van der Waals surface area contributed by atoms with Crippen molar-refractivity contribution in [3.8, 4) is 0 Å². The van der Waals surface area contributed by atoms with Gasteiger partial charge in [-0.05, 0) is 25.0 Å². The molecule has 0 amide bonds. The van der Waals surface area contributed by atoms with Crippen LogP contribution in [0.1, 0.15) is 42.5 Å². The zero-order valence-corrected chi connectivity index (χ0v) is 11.4. The average Bonchev–Trinajstić information content (AvgIpc) is 2.48. The van der Waals surface area contributed by atoms with E-state index >= 15 is 0 Å². The average molecular weight is 279 g/mol. The lowest BCUT2D eigenvalue weighted by atomic mass is 9.95. The molecule has 0 unspecified atom stereocenters. The smallest absolute Gasteiger partial charge is 0.357 e. The number of carbonyl (C=O) groups excluding carboxylic acids is 1. The first-order valence-corrected chi connectivity index (χ1v) is 7.07. The summed E-state index contributed by atoms with van der Waals surface area (Å²) in [7, 11) is 0. The minimum absolute atomic E-state index is 0.0678. The van der Waals surface area contributed by atoms with Crippen molar-refractivity contribution in [2.24, 2.45) is 0 Å². The van der Waals surface area contributed by atoms with Crippen LogP contribution in [0.4, 0.5) is 0 Å². The summed E-state index contributed by atoms with van der Waals surface area (Å²) in [6.07, 6.45) is 3.64. The minimum atomic E-state index is -1.51. The number of hydroxylamine groups is 2. The van der Waals surface area contributed by atoms with Crippen molar-refractivity contribution in [3.63, 3.8) is 0 Å². The van der Waals surface area contributed by atoms with Crippen molar-refractivity contribution in [3.05, 3.63) is 35.9 Å². The molecule has 1 saturated carbocycles. The third kappa shape index (κ3) is 4.30. The highest BCUT2D eigenvalue weighted by atomic mass is 16.7. The molecule has 2 N–H and O–H groups in total. The van der Waals surface area contributed by atoms with E-state index < -0.39 is 12.3 Å². The van der Waals surface area contributed by atoms with Crippen LogP contribution in [0.5, 0.6) is 0 Å². The Labute approximate surface area is 118 Å². The van der Waals surface area contributed by atoms with Crippen molar-refractivity contribution in [1.29, 1.82) is 0 Å². The molecule has 1 fully saturated rings. The molecular formula is C15H21NO4. The summed E-state index contributed by atoms with van der Waals surface area (Å²) in [6.45, 7) is -0.0801. The molecule has 0 bridgehead atoms. The van der Waals surface area contributed by atoms with Gasteiger partial charge in [-0.3, -0.25) is 0 Å². The molecule has 1 aromatic carbocycles. The van der Waals surface area contributed by atoms with Gasteiger partial charge in [0.15, 0.2) is 6.29 Å². The first-order valence-electron chi connectivity index (χ1n) is 7.07. The van der Waals surface area contributed by atoms with Gasteiger partial charge in [-0.1, -0.05) is 37.5 Å². The van der Waals surface area contributed by atoms with Gasteiger partial charge in [0.1, 0.15) is 0 Å². The molecule has 0 aromatic heterocycles. The Kier molecular flexibility index (Phi) is 5.52. The van der Waals surface area contributed by atoms with Gasteiger partial charge in [0, 0.05) is 6.04 Å². The quantitative estimate of drug-likeness (QED) is 0.634. The fraction of sp³-hybridized carbons (Fsp3) is 0.533. The normalized spacial score (nSPS) is 16.6. The van der Waals surface area contributed by atoms with Crippen molar-refractivity contribution in [1.82, 2.24) is 5.06 Å². The molecule has 0 aliphatic heterocycles. The maximum absolute atomic E-state index is 12.1. The van der Waals surface area contributed by atoms with E-state index in [9.17, 15) is 4.79 Å². The predicted molar refractivity (Wildman–Crippen MR) is 73.7 cm³/mol. The standard InChI is InChI=1S/C15H21NO4/c17-14(18)11-16(13-9-5-2-6-10-13)20-15(19)12-7-3-1-4-8-12/h1,3-4,7-8,13-14,17-18H,2,5-6,9-11H2. The molecular weight excluding hydrogens is 258 g/mol. The number of aliphatic hydroxyl groups is 2. The summed E-state index contributed by atoms with van der Waals surface area (Å²) in [4.78, 5) is 17.4. The summed E-state index contributed by atoms with van der Waals surface area (Å²) in [6, 6.07) is 8.78. The Morgan fingerprint density at radius 2 is 1.85 bits per heavy atom. The molecule has 0 heterocycles. The van der Waals surface area contributed by atoms with Crippen LogP contribution < -0.4 is 0 Å². The first kappa shape index (κ1) is 15.0. The van der Waals surface area contributed by atoms with E-state index in [1.165, 1.54) is 11.5 Å². The monoisotopic (exact) mass is 279 g/mol. The Morgan fingerprint density at radius 1 is 1.20 bits per heavy atom. The molecule has 0 spiro atoms. The Morgan fingerprint density at radius 3 is 2.45 bits per heavy atom. The molecule has 20 heavy (non-hydrogen) atoms. The van der Waals surface area contributed by atoms with Crippen LogP contribution in [0.15, 0.2) is 30.3 Å². The third-order valence-electron chi connectivity index (χ3n) is 3.53. The maximum atomic E-state index is 12.1. The number of aliphatic hydroxyl groups excluding tert-OH is 1. The molecule has 5 heteroatoms.